The third kappa shape index (κ3) is 2.19. The van der Waals surface area contributed by atoms with E-state index < -0.39 is 0 Å². The van der Waals surface area contributed by atoms with Gasteiger partial charge in [-0.05, 0) is 30.0 Å². The lowest BCUT2D eigenvalue weighted by Gasteiger charge is -2.28. The first-order chi connectivity index (χ1) is 9.33. The SMILES string of the molecule is CCc1cc(CC)n(C2CNCc3ccccc32)n1. The van der Waals surface area contributed by atoms with E-state index in [1.807, 2.05) is 0 Å². The zero-order valence-electron chi connectivity index (χ0n) is 11.7. The fraction of sp³-hybridized carbons (Fsp3) is 0.438. The molecule has 1 unspecified atom stereocenters. The van der Waals surface area contributed by atoms with Crippen molar-refractivity contribution in [2.75, 3.05) is 6.54 Å². The highest BCUT2D eigenvalue weighted by molar-refractivity contribution is 5.33. The summed E-state index contributed by atoms with van der Waals surface area (Å²) in [5.41, 5.74) is 5.34. The highest BCUT2D eigenvalue weighted by atomic mass is 15.3. The molecule has 3 rings (SSSR count). The van der Waals surface area contributed by atoms with Crippen molar-refractivity contribution < 1.29 is 0 Å². The molecule has 1 aromatic heterocycles. The highest BCUT2D eigenvalue weighted by Crippen LogP contribution is 2.26. The van der Waals surface area contributed by atoms with Crippen molar-refractivity contribution in [3.05, 3.63) is 52.8 Å². The Morgan fingerprint density at radius 1 is 1.26 bits per heavy atom. The molecule has 0 bridgehead atoms. The van der Waals surface area contributed by atoms with E-state index in [0.717, 1.165) is 25.9 Å². The van der Waals surface area contributed by atoms with E-state index in [1.54, 1.807) is 0 Å². The molecule has 3 nitrogen and oxygen atoms in total. The maximum absolute atomic E-state index is 4.80. The molecule has 1 aliphatic rings. The molecule has 0 saturated carbocycles. The van der Waals surface area contributed by atoms with Crippen LogP contribution in [-0.2, 0) is 19.4 Å². The summed E-state index contributed by atoms with van der Waals surface area (Å²) in [4.78, 5) is 0. The average Bonchev–Trinajstić information content (AvgIpc) is 2.90. The molecule has 0 saturated heterocycles. The molecule has 19 heavy (non-hydrogen) atoms. The Labute approximate surface area is 114 Å². The third-order valence-electron chi connectivity index (χ3n) is 3.95. The number of benzene rings is 1. The van der Waals surface area contributed by atoms with E-state index in [0.29, 0.717) is 6.04 Å². The lowest BCUT2D eigenvalue weighted by atomic mass is 9.96. The van der Waals surface area contributed by atoms with Crippen LogP contribution in [0.2, 0.25) is 0 Å². The smallest absolute Gasteiger partial charge is 0.0899 e. The Bertz CT molecular complexity index is 571. The van der Waals surface area contributed by atoms with Crippen LogP contribution in [0.3, 0.4) is 0 Å². The molecular formula is C16H21N3. The quantitative estimate of drug-likeness (QED) is 0.914. The molecule has 2 heterocycles. The second-order valence-corrected chi connectivity index (χ2v) is 5.12. The van der Waals surface area contributed by atoms with Gasteiger partial charge in [0.25, 0.3) is 0 Å². The molecule has 0 radical (unpaired) electrons. The summed E-state index contributed by atoms with van der Waals surface area (Å²) in [6.07, 6.45) is 2.04. The number of nitrogens with zero attached hydrogens (tertiary/aromatic N) is 2. The molecule has 2 aromatic rings. The van der Waals surface area contributed by atoms with Crippen LogP contribution in [0.5, 0.6) is 0 Å². The zero-order valence-corrected chi connectivity index (χ0v) is 11.7. The first kappa shape index (κ1) is 12.4. The Balaban J connectivity index is 2.06. The highest BCUT2D eigenvalue weighted by Gasteiger charge is 2.23. The van der Waals surface area contributed by atoms with Crippen LogP contribution < -0.4 is 5.32 Å². The average molecular weight is 255 g/mol. The fourth-order valence-corrected chi connectivity index (χ4v) is 2.89. The largest absolute Gasteiger partial charge is 0.310 e. The van der Waals surface area contributed by atoms with Crippen molar-refractivity contribution in [3.63, 3.8) is 0 Å². The van der Waals surface area contributed by atoms with Gasteiger partial charge >= 0.3 is 0 Å². The molecule has 1 atom stereocenters. The van der Waals surface area contributed by atoms with Crippen LogP contribution >= 0.6 is 0 Å². The van der Waals surface area contributed by atoms with Gasteiger partial charge in [0.1, 0.15) is 0 Å². The molecule has 3 heteroatoms. The van der Waals surface area contributed by atoms with E-state index >= 15 is 0 Å². The van der Waals surface area contributed by atoms with Crippen LogP contribution in [-0.4, -0.2) is 16.3 Å². The zero-order chi connectivity index (χ0) is 13.2. The number of rotatable bonds is 3. The van der Waals surface area contributed by atoms with E-state index in [9.17, 15) is 0 Å². The van der Waals surface area contributed by atoms with Crippen LogP contribution in [0.15, 0.2) is 30.3 Å². The van der Waals surface area contributed by atoms with Crippen LogP contribution in [0, 0.1) is 0 Å². The van der Waals surface area contributed by atoms with Crippen molar-refractivity contribution in [1.29, 1.82) is 0 Å². The van der Waals surface area contributed by atoms with Crippen molar-refractivity contribution in [2.45, 2.75) is 39.3 Å². The molecule has 0 fully saturated rings. The summed E-state index contributed by atoms with van der Waals surface area (Å²) in [7, 11) is 0. The van der Waals surface area contributed by atoms with Gasteiger partial charge in [-0.25, -0.2) is 0 Å². The number of aromatic nitrogens is 2. The van der Waals surface area contributed by atoms with Crippen LogP contribution in [0.25, 0.3) is 0 Å². The molecule has 0 amide bonds. The van der Waals surface area contributed by atoms with Crippen molar-refractivity contribution in [2.24, 2.45) is 0 Å². The normalized spacial score (nSPS) is 18.3. The van der Waals surface area contributed by atoms with Crippen LogP contribution in [0.1, 0.15) is 42.4 Å². The number of hydrogen-bond donors (Lipinski definition) is 1. The van der Waals surface area contributed by atoms with Gasteiger partial charge in [0.2, 0.25) is 0 Å². The number of hydrogen-bond acceptors (Lipinski definition) is 2. The summed E-state index contributed by atoms with van der Waals surface area (Å²) in [5, 5.41) is 8.31. The summed E-state index contributed by atoms with van der Waals surface area (Å²) in [5.74, 6) is 0. The van der Waals surface area contributed by atoms with Gasteiger partial charge in [-0.3, -0.25) is 4.68 Å². The van der Waals surface area contributed by atoms with Gasteiger partial charge < -0.3 is 5.32 Å². The van der Waals surface area contributed by atoms with Gasteiger partial charge in [0, 0.05) is 18.8 Å². The molecule has 1 aromatic carbocycles. The molecule has 1 aliphatic heterocycles. The monoisotopic (exact) mass is 255 g/mol. The minimum Gasteiger partial charge on any atom is -0.310 e. The first-order valence-corrected chi connectivity index (χ1v) is 7.19. The Morgan fingerprint density at radius 3 is 2.89 bits per heavy atom. The fourth-order valence-electron chi connectivity index (χ4n) is 2.89. The minimum absolute atomic E-state index is 0.334. The van der Waals surface area contributed by atoms with Gasteiger partial charge in [-0.1, -0.05) is 38.1 Å². The molecule has 0 aliphatic carbocycles. The predicted octanol–water partition coefficient (Wildman–Crippen LogP) is 2.70. The number of fused-ring (bicyclic) bond motifs is 1. The Kier molecular flexibility index (Phi) is 3.38. The molecule has 100 valence electrons. The predicted molar refractivity (Wildman–Crippen MR) is 77.3 cm³/mol. The standard InChI is InChI=1S/C16H21N3/c1-3-13-9-14(4-2)19(18-13)16-11-17-10-12-7-5-6-8-15(12)16/h5-9,16-17H,3-4,10-11H2,1-2H3. The molecule has 0 spiro atoms. The maximum atomic E-state index is 4.80. The maximum Gasteiger partial charge on any atom is 0.0899 e. The van der Waals surface area contributed by atoms with Gasteiger partial charge in [-0.15, -0.1) is 0 Å². The van der Waals surface area contributed by atoms with E-state index in [4.69, 9.17) is 5.10 Å². The van der Waals surface area contributed by atoms with Crippen LogP contribution in [0.4, 0.5) is 0 Å². The second-order valence-electron chi connectivity index (χ2n) is 5.12. The van der Waals surface area contributed by atoms with E-state index in [-0.39, 0.29) is 0 Å². The van der Waals surface area contributed by atoms with Crippen molar-refractivity contribution in [3.8, 4) is 0 Å². The number of aryl methyl sites for hydroxylation is 2. The summed E-state index contributed by atoms with van der Waals surface area (Å²) in [6.45, 7) is 6.30. The minimum atomic E-state index is 0.334. The lowest BCUT2D eigenvalue weighted by Crippen LogP contribution is -2.33. The summed E-state index contributed by atoms with van der Waals surface area (Å²) >= 11 is 0. The summed E-state index contributed by atoms with van der Waals surface area (Å²) < 4.78 is 2.23. The summed E-state index contributed by atoms with van der Waals surface area (Å²) in [6, 6.07) is 11.3. The molecular weight excluding hydrogens is 234 g/mol. The van der Waals surface area contributed by atoms with Crippen molar-refractivity contribution in [1.82, 2.24) is 15.1 Å². The van der Waals surface area contributed by atoms with Gasteiger partial charge in [-0.2, -0.15) is 5.10 Å². The van der Waals surface area contributed by atoms with E-state index in [1.165, 1.54) is 22.5 Å². The van der Waals surface area contributed by atoms with E-state index in [2.05, 4.69) is 54.2 Å². The topological polar surface area (TPSA) is 29.9 Å². The Hall–Kier alpha value is -1.61. The Morgan fingerprint density at radius 2 is 2.11 bits per heavy atom. The molecule has 1 N–H and O–H groups in total. The lowest BCUT2D eigenvalue weighted by molar-refractivity contribution is 0.438. The third-order valence-corrected chi connectivity index (χ3v) is 3.95. The number of nitrogens with one attached hydrogen (secondary N) is 1. The second kappa shape index (κ2) is 5.17. The van der Waals surface area contributed by atoms with Crippen molar-refractivity contribution >= 4 is 0 Å². The first-order valence-electron chi connectivity index (χ1n) is 7.19. The van der Waals surface area contributed by atoms with Gasteiger partial charge in [0.05, 0.1) is 11.7 Å². The van der Waals surface area contributed by atoms with Gasteiger partial charge in [0.15, 0.2) is 0 Å².